The van der Waals surface area contributed by atoms with E-state index in [0.29, 0.717) is 37.3 Å². The van der Waals surface area contributed by atoms with Gasteiger partial charge in [-0.3, -0.25) is 4.79 Å². The molecule has 2 unspecified atom stereocenters. The Morgan fingerprint density at radius 2 is 2.00 bits per heavy atom. The number of carbonyl (C=O) groups is 1. The fourth-order valence-corrected chi connectivity index (χ4v) is 5.03. The molecule has 0 bridgehead atoms. The van der Waals surface area contributed by atoms with Gasteiger partial charge in [-0.2, -0.15) is 0 Å². The fourth-order valence-electron chi connectivity index (χ4n) is 5.03. The number of halogens is 2. The molecular weight excluding hydrogens is 440 g/mol. The molecule has 1 amide bonds. The third-order valence-corrected chi connectivity index (χ3v) is 6.88. The van der Waals surface area contributed by atoms with Gasteiger partial charge in [0.1, 0.15) is 5.82 Å². The first-order valence-electron chi connectivity index (χ1n) is 12.0. The lowest BCUT2D eigenvalue weighted by Crippen LogP contribution is -2.57. The van der Waals surface area contributed by atoms with Gasteiger partial charge < -0.3 is 26.0 Å². The second-order valence-corrected chi connectivity index (χ2v) is 9.73. The van der Waals surface area contributed by atoms with E-state index in [2.05, 4.69) is 15.5 Å². The lowest BCUT2D eigenvalue weighted by atomic mass is 9.90. The summed E-state index contributed by atoms with van der Waals surface area (Å²) in [7, 11) is 1.66. The predicted molar refractivity (Wildman–Crippen MR) is 129 cm³/mol. The van der Waals surface area contributed by atoms with Gasteiger partial charge in [0.05, 0.1) is 23.3 Å². The number of ether oxygens (including phenoxy) is 1. The minimum atomic E-state index is -2.54. The van der Waals surface area contributed by atoms with Crippen molar-refractivity contribution in [2.75, 3.05) is 25.1 Å². The summed E-state index contributed by atoms with van der Waals surface area (Å²) in [6.45, 7) is 4.93. The first kappa shape index (κ1) is 24.8. The van der Waals surface area contributed by atoms with Crippen LogP contribution in [0, 0.1) is 6.92 Å². The van der Waals surface area contributed by atoms with Gasteiger partial charge in [-0.05, 0) is 51.3 Å². The summed E-state index contributed by atoms with van der Waals surface area (Å²) in [6, 6.07) is 7.98. The topological polar surface area (TPSA) is 92.5 Å². The van der Waals surface area contributed by atoms with Crippen molar-refractivity contribution >= 4 is 22.6 Å². The number of amides is 1. The van der Waals surface area contributed by atoms with Crippen LogP contribution in [0.3, 0.4) is 0 Å². The number of nitrogens with one attached hydrogen (secondary N) is 2. The lowest BCUT2D eigenvalue weighted by Gasteiger charge is -2.41. The number of rotatable bonds is 6. The van der Waals surface area contributed by atoms with Crippen LogP contribution in [-0.2, 0) is 4.74 Å². The van der Waals surface area contributed by atoms with Crippen molar-refractivity contribution in [2.24, 2.45) is 5.73 Å². The van der Waals surface area contributed by atoms with Gasteiger partial charge in [0.2, 0.25) is 5.92 Å². The summed E-state index contributed by atoms with van der Waals surface area (Å²) in [5.74, 6) is -2.20. The Hall–Kier alpha value is -2.36. The quantitative estimate of drug-likeness (QED) is 0.555. The Morgan fingerprint density at radius 3 is 2.68 bits per heavy atom. The molecule has 1 aliphatic heterocycles. The van der Waals surface area contributed by atoms with Crippen LogP contribution >= 0.6 is 0 Å². The SMILES string of the molecule is CO[C@H]1CN(c2nc3ccc(C)cc3cc2C(=O)NC(C)N)CCC1NC1CCC(F)(F)CC1. The summed E-state index contributed by atoms with van der Waals surface area (Å²) >= 11 is 0. The van der Waals surface area contributed by atoms with E-state index in [-0.39, 0.29) is 36.9 Å². The highest BCUT2D eigenvalue weighted by atomic mass is 19.3. The highest BCUT2D eigenvalue weighted by Crippen LogP contribution is 2.34. The Labute approximate surface area is 199 Å². The maximum atomic E-state index is 13.5. The van der Waals surface area contributed by atoms with Crippen LogP contribution in [0.5, 0.6) is 0 Å². The van der Waals surface area contributed by atoms with E-state index >= 15 is 0 Å². The van der Waals surface area contributed by atoms with Crippen LogP contribution in [0.25, 0.3) is 10.9 Å². The third-order valence-electron chi connectivity index (χ3n) is 6.88. The largest absolute Gasteiger partial charge is 0.378 e. The molecular formula is C25H35F2N5O2. The molecule has 4 rings (SSSR count). The highest BCUT2D eigenvalue weighted by molar-refractivity contribution is 6.02. The number of fused-ring (bicyclic) bond motifs is 1. The first-order valence-corrected chi connectivity index (χ1v) is 12.0. The van der Waals surface area contributed by atoms with Crippen molar-refractivity contribution in [3.63, 3.8) is 0 Å². The number of nitrogens with zero attached hydrogens (tertiary/aromatic N) is 2. The third kappa shape index (κ3) is 5.64. The summed E-state index contributed by atoms with van der Waals surface area (Å²) < 4.78 is 32.9. The zero-order valence-corrected chi connectivity index (χ0v) is 20.1. The van der Waals surface area contributed by atoms with Crippen molar-refractivity contribution in [2.45, 2.75) is 76.2 Å². The number of aryl methyl sites for hydroxylation is 1. The number of alkyl halides is 2. The van der Waals surface area contributed by atoms with Crippen molar-refractivity contribution in [3.8, 4) is 0 Å². The molecule has 3 atom stereocenters. The fraction of sp³-hybridized carbons (Fsp3) is 0.600. The average molecular weight is 476 g/mol. The van der Waals surface area contributed by atoms with Crippen LogP contribution in [0.15, 0.2) is 24.3 Å². The second-order valence-electron chi connectivity index (χ2n) is 9.73. The van der Waals surface area contributed by atoms with E-state index in [1.807, 2.05) is 31.2 Å². The molecule has 0 radical (unpaired) electrons. The van der Waals surface area contributed by atoms with Gasteiger partial charge in [0.25, 0.3) is 5.91 Å². The zero-order valence-electron chi connectivity index (χ0n) is 20.1. The molecule has 9 heteroatoms. The van der Waals surface area contributed by atoms with Gasteiger partial charge in [-0.15, -0.1) is 0 Å². The molecule has 1 aromatic heterocycles. The molecule has 2 aromatic rings. The summed E-state index contributed by atoms with van der Waals surface area (Å²) in [5.41, 5.74) is 8.21. The smallest absolute Gasteiger partial charge is 0.256 e. The Kier molecular flexibility index (Phi) is 7.35. The summed E-state index contributed by atoms with van der Waals surface area (Å²) in [6.07, 6.45) is 0.912. The maximum Gasteiger partial charge on any atom is 0.256 e. The summed E-state index contributed by atoms with van der Waals surface area (Å²) in [4.78, 5) is 20.0. The van der Waals surface area contributed by atoms with Gasteiger partial charge in [-0.1, -0.05) is 11.6 Å². The van der Waals surface area contributed by atoms with Gasteiger partial charge in [0.15, 0.2) is 0 Å². The molecule has 2 fully saturated rings. The maximum absolute atomic E-state index is 13.5. The van der Waals surface area contributed by atoms with Crippen LogP contribution in [-0.4, -0.2) is 61.4 Å². The van der Waals surface area contributed by atoms with Gasteiger partial charge >= 0.3 is 0 Å². The monoisotopic (exact) mass is 475 g/mol. The van der Waals surface area contributed by atoms with Crippen LogP contribution in [0.4, 0.5) is 14.6 Å². The number of carbonyl (C=O) groups excluding carboxylic acids is 1. The van der Waals surface area contributed by atoms with E-state index in [0.717, 1.165) is 22.9 Å². The average Bonchev–Trinajstić information content (AvgIpc) is 2.79. The molecule has 186 valence electrons. The highest BCUT2D eigenvalue weighted by Gasteiger charge is 2.38. The molecule has 0 spiro atoms. The number of hydrogen-bond donors (Lipinski definition) is 3. The normalized spacial score (nSPS) is 24.2. The number of hydrogen-bond acceptors (Lipinski definition) is 6. The number of aromatic nitrogens is 1. The van der Waals surface area contributed by atoms with Crippen molar-refractivity contribution < 1.29 is 18.3 Å². The molecule has 1 aromatic carbocycles. The molecule has 1 saturated carbocycles. The Morgan fingerprint density at radius 1 is 1.26 bits per heavy atom. The zero-order chi connectivity index (χ0) is 24.5. The van der Waals surface area contributed by atoms with Gasteiger partial charge in [0, 0.05) is 50.5 Å². The number of pyridine rings is 1. The minimum Gasteiger partial charge on any atom is -0.378 e. The molecule has 2 heterocycles. The minimum absolute atomic E-state index is 0.0578. The van der Waals surface area contributed by atoms with E-state index in [1.54, 1.807) is 14.0 Å². The Balaban J connectivity index is 1.55. The number of anilines is 1. The number of benzene rings is 1. The van der Waals surface area contributed by atoms with Gasteiger partial charge in [-0.25, -0.2) is 13.8 Å². The molecule has 2 aliphatic rings. The van der Waals surface area contributed by atoms with Crippen molar-refractivity contribution in [3.05, 3.63) is 35.4 Å². The van der Waals surface area contributed by atoms with Crippen molar-refractivity contribution in [1.82, 2.24) is 15.6 Å². The summed E-state index contributed by atoms with van der Waals surface area (Å²) in [5, 5.41) is 7.24. The predicted octanol–water partition coefficient (Wildman–Crippen LogP) is 3.34. The number of methoxy groups -OCH3 is 1. The second kappa shape index (κ2) is 10.1. The lowest BCUT2D eigenvalue weighted by molar-refractivity contribution is -0.0438. The van der Waals surface area contributed by atoms with E-state index in [4.69, 9.17) is 15.5 Å². The molecule has 7 nitrogen and oxygen atoms in total. The van der Waals surface area contributed by atoms with E-state index in [1.165, 1.54) is 0 Å². The molecule has 34 heavy (non-hydrogen) atoms. The van der Waals surface area contributed by atoms with Crippen molar-refractivity contribution in [1.29, 1.82) is 0 Å². The molecule has 4 N–H and O–H groups in total. The van der Waals surface area contributed by atoms with Crippen LogP contribution in [0.2, 0.25) is 0 Å². The Bertz CT molecular complexity index is 1020. The first-order chi connectivity index (χ1) is 16.1. The van der Waals surface area contributed by atoms with E-state index in [9.17, 15) is 13.6 Å². The van der Waals surface area contributed by atoms with E-state index < -0.39 is 12.1 Å². The standard InChI is InChI=1S/C25H35F2N5O2/c1-15-4-5-20-17(12-15)13-19(24(33)29-16(2)28)23(31-20)32-11-8-21(22(14-32)34-3)30-18-6-9-25(26,27)10-7-18/h4-5,12-13,16,18,21-22,30H,6-11,14,28H2,1-3H3,(H,29,33)/t16?,21?,22-/m0/s1. The molecule has 1 saturated heterocycles. The molecule has 1 aliphatic carbocycles. The number of piperidine rings is 1. The van der Waals surface area contributed by atoms with Crippen LogP contribution in [0.1, 0.15) is 54.9 Å². The van der Waals surface area contributed by atoms with Crippen LogP contribution < -0.4 is 21.3 Å². The number of nitrogens with two attached hydrogens (primary N) is 1.